The second-order valence-electron chi connectivity index (χ2n) is 4.77. The molecule has 0 saturated heterocycles. The SMILES string of the molecule is COc1ccc(-c2csc(N)c2C(=O)N(C)C)cc1C. The standard InChI is InChI=1S/C15H18N2O2S/c1-9-7-10(5-6-12(9)19-4)11-8-20-14(16)13(11)15(18)17(2)3/h5-8H,16H2,1-4H3. The highest BCUT2D eigenvalue weighted by molar-refractivity contribution is 7.15. The van der Waals surface area contributed by atoms with Crippen LogP contribution in [-0.4, -0.2) is 32.0 Å². The number of anilines is 1. The van der Waals surface area contributed by atoms with Crippen molar-refractivity contribution in [3.8, 4) is 16.9 Å². The van der Waals surface area contributed by atoms with Crippen LogP contribution in [0.25, 0.3) is 11.1 Å². The van der Waals surface area contributed by atoms with Gasteiger partial charge in [-0.3, -0.25) is 4.79 Å². The summed E-state index contributed by atoms with van der Waals surface area (Å²) >= 11 is 1.39. The molecule has 106 valence electrons. The van der Waals surface area contributed by atoms with E-state index in [1.165, 1.54) is 16.2 Å². The fraction of sp³-hybridized carbons (Fsp3) is 0.267. The van der Waals surface area contributed by atoms with Crippen LogP contribution in [0.5, 0.6) is 5.75 Å². The molecule has 1 aromatic carbocycles. The lowest BCUT2D eigenvalue weighted by molar-refractivity contribution is 0.0830. The number of thiophene rings is 1. The lowest BCUT2D eigenvalue weighted by Crippen LogP contribution is -2.22. The first-order valence-corrected chi connectivity index (χ1v) is 7.07. The van der Waals surface area contributed by atoms with Crippen LogP contribution in [0, 0.1) is 6.92 Å². The number of amides is 1. The first kappa shape index (κ1) is 14.4. The number of carbonyl (C=O) groups is 1. The number of rotatable bonds is 3. The van der Waals surface area contributed by atoms with Crippen LogP contribution in [-0.2, 0) is 0 Å². The number of carbonyl (C=O) groups excluding carboxylic acids is 1. The van der Waals surface area contributed by atoms with Crippen LogP contribution in [0.4, 0.5) is 5.00 Å². The van der Waals surface area contributed by atoms with Crippen LogP contribution in [0.2, 0.25) is 0 Å². The van der Waals surface area contributed by atoms with Gasteiger partial charge in [0.15, 0.2) is 0 Å². The number of ether oxygens (including phenoxy) is 1. The third kappa shape index (κ3) is 2.49. The Hall–Kier alpha value is -2.01. The zero-order chi connectivity index (χ0) is 14.9. The van der Waals surface area contributed by atoms with Crippen molar-refractivity contribution in [1.29, 1.82) is 0 Å². The third-order valence-electron chi connectivity index (χ3n) is 3.15. The predicted octanol–water partition coefficient (Wildman–Crippen LogP) is 3.02. The number of nitrogens with two attached hydrogens (primary N) is 1. The molecule has 1 aromatic heterocycles. The minimum Gasteiger partial charge on any atom is -0.496 e. The van der Waals surface area contributed by atoms with Gasteiger partial charge in [0.1, 0.15) is 5.75 Å². The van der Waals surface area contributed by atoms with E-state index in [-0.39, 0.29) is 5.91 Å². The molecular weight excluding hydrogens is 272 g/mol. The van der Waals surface area contributed by atoms with Crippen LogP contribution in [0.1, 0.15) is 15.9 Å². The number of benzene rings is 1. The number of hydrogen-bond acceptors (Lipinski definition) is 4. The molecule has 0 spiro atoms. The number of hydrogen-bond donors (Lipinski definition) is 1. The second kappa shape index (κ2) is 5.54. The highest BCUT2D eigenvalue weighted by Gasteiger charge is 2.20. The van der Waals surface area contributed by atoms with Crippen LogP contribution in [0.3, 0.4) is 0 Å². The van der Waals surface area contributed by atoms with E-state index >= 15 is 0 Å². The van der Waals surface area contributed by atoms with E-state index in [0.29, 0.717) is 10.6 Å². The van der Waals surface area contributed by atoms with Crippen LogP contribution < -0.4 is 10.5 Å². The average molecular weight is 290 g/mol. The van der Waals surface area contributed by atoms with Crippen molar-refractivity contribution in [2.24, 2.45) is 0 Å². The van der Waals surface area contributed by atoms with Crippen LogP contribution >= 0.6 is 11.3 Å². The summed E-state index contributed by atoms with van der Waals surface area (Å²) in [6.07, 6.45) is 0. The number of nitrogen functional groups attached to an aromatic ring is 1. The molecule has 2 N–H and O–H groups in total. The molecule has 0 fully saturated rings. The number of methoxy groups -OCH3 is 1. The Balaban J connectivity index is 2.54. The van der Waals surface area contributed by atoms with Crippen molar-refractivity contribution in [1.82, 2.24) is 4.90 Å². The Morgan fingerprint density at radius 1 is 1.35 bits per heavy atom. The predicted molar refractivity (Wildman–Crippen MR) is 83.5 cm³/mol. The molecule has 4 nitrogen and oxygen atoms in total. The maximum atomic E-state index is 12.3. The molecular formula is C15H18N2O2S. The van der Waals surface area contributed by atoms with Crippen molar-refractivity contribution in [2.45, 2.75) is 6.92 Å². The maximum Gasteiger partial charge on any atom is 0.256 e. The summed E-state index contributed by atoms with van der Waals surface area (Å²) in [5.41, 5.74) is 9.40. The highest BCUT2D eigenvalue weighted by atomic mass is 32.1. The molecule has 0 aliphatic carbocycles. The molecule has 1 heterocycles. The summed E-state index contributed by atoms with van der Waals surface area (Å²) in [7, 11) is 5.09. The van der Waals surface area contributed by atoms with Crippen LogP contribution in [0.15, 0.2) is 23.6 Å². The molecule has 0 radical (unpaired) electrons. The Labute approximate surface area is 122 Å². The maximum absolute atomic E-state index is 12.3. The summed E-state index contributed by atoms with van der Waals surface area (Å²) in [6.45, 7) is 1.98. The van der Waals surface area contributed by atoms with E-state index in [0.717, 1.165) is 22.4 Å². The summed E-state index contributed by atoms with van der Waals surface area (Å²) in [4.78, 5) is 13.8. The van der Waals surface area contributed by atoms with E-state index in [1.807, 2.05) is 30.5 Å². The summed E-state index contributed by atoms with van der Waals surface area (Å²) in [5.74, 6) is 0.754. The minimum absolute atomic E-state index is 0.0766. The lowest BCUT2D eigenvalue weighted by atomic mass is 10.0. The monoisotopic (exact) mass is 290 g/mol. The molecule has 0 saturated carbocycles. The average Bonchev–Trinajstić information content (AvgIpc) is 2.79. The lowest BCUT2D eigenvalue weighted by Gasteiger charge is -2.13. The topological polar surface area (TPSA) is 55.6 Å². The third-order valence-corrected chi connectivity index (χ3v) is 3.96. The van der Waals surface area contributed by atoms with Gasteiger partial charge in [0.2, 0.25) is 0 Å². The highest BCUT2D eigenvalue weighted by Crippen LogP contribution is 2.35. The summed E-state index contributed by atoms with van der Waals surface area (Å²) < 4.78 is 5.26. The fourth-order valence-corrected chi connectivity index (χ4v) is 2.89. The van der Waals surface area contributed by atoms with Crippen molar-refractivity contribution in [3.63, 3.8) is 0 Å². The smallest absolute Gasteiger partial charge is 0.256 e. The van der Waals surface area contributed by atoms with Gasteiger partial charge in [-0.2, -0.15) is 0 Å². The van der Waals surface area contributed by atoms with Gasteiger partial charge < -0.3 is 15.4 Å². The van der Waals surface area contributed by atoms with E-state index in [9.17, 15) is 4.79 Å². The summed E-state index contributed by atoms with van der Waals surface area (Å²) in [6, 6.07) is 5.86. The van der Waals surface area contributed by atoms with Gasteiger partial charge in [0.05, 0.1) is 17.7 Å². The normalized spacial score (nSPS) is 10.4. The zero-order valence-electron chi connectivity index (χ0n) is 12.1. The van der Waals surface area contributed by atoms with Gasteiger partial charge in [0.25, 0.3) is 5.91 Å². The molecule has 5 heteroatoms. The first-order valence-electron chi connectivity index (χ1n) is 6.19. The van der Waals surface area contributed by atoms with Gasteiger partial charge >= 0.3 is 0 Å². The van der Waals surface area contributed by atoms with E-state index < -0.39 is 0 Å². The summed E-state index contributed by atoms with van der Waals surface area (Å²) in [5, 5.41) is 2.47. The van der Waals surface area contributed by atoms with Gasteiger partial charge in [-0.1, -0.05) is 6.07 Å². The second-order valence-corrected chi connectivity index (χ2v) is 5.68. The fourth-order valence-electron chi connectivity index (χ4n) is 2.08. The molecule has 0 aliphatic rings. The number of aryl methyl sites for hydroxylation is 1. The molecule has 0 aliphatic heterocycles. The van der Waals surface area contributed by atoms with Gasteiger partial charge in [-0.15, -0.1) is 11.3 Å². The Morgan fingerprint density at radius 3 is 2.60 bits per heavy atom. The molecule has 1 amide bonds. The Kier molecular flexibility index (Phi) is 3.99. The molecule has 0 bridgehead atoms. The largest absolute Gasteiger partial charge is 0.496 e. The van der Waals surface area contributed by atoms with Crippen molar-refractivity contribution >= 4 is 22.2 Å². The Morgan fingerprint density at radius 2 is 2.05 bits per heavy atom. The van der Waals surface area contributed by atoms with Gasteiger partial charge in [-0.25, -0.2) is 0 Å². The molecule has 2 rings (SSSR count). The van der Waals surface area contributed by atoms with E-state index in [2.05, 4.69) is 0 Å². The number of nitrogens with zero attached hydrogens (tertiary/aromatic N) is 1. The van der Waals surface area contributed by atoms with Crippen molar-refractivity contribution in [3.05, 3.63) is 34.7 Å². The van der Waals surface area contributed by atoms with Crippen molar-refractivity contribution in [2.75, 3.05) is 26.9 Å². The zero-order valence-corrected chi connectivity index (χ0v) is 12.9. The Bertz CT molecular complexity index is 647. The molecule has 20 heavy (non-hydrogen) atoms. The molecule has 0 unspecified atom stereocenters. The minimum atomic E-state index is -0.0766. The van der Waals surface area contributed by atoms with Gasteiger partial charge in [-0.05, 0) is 30.2 Å². The quantitative estimate of drug-likeness (QED) is 0.945. The van der Waals surface area contributed by atoms with Gasteiger partial charge in [0, 0.05) is 25.0 Å². The molecule has 2 aromatic rings. The molecule has 0 atom stereocenters. The van der Waals surface area contributed by atoms with Crippen molar-refractivity contribution < 1.29 is 9.53 Å². The van der Waals surface area contributed by atoms with E-state index in [1.54, 1.807) is 21.2 Å². The first-order chi connectivity index (χ1) is 9.45. The van der Waals surface area contributed by atoms with E-state index in [4.69, 9.17) is 10.5 Å².